The molecule has 1 aliphatic heterocycles. The van der Waals surface area contributed by atoms with E-state index in [-0.39, 0.29) is 40.7 Å². The van der Waals surface area contributed by atoms with Crippen molar-refractivity contribution in [1.29, 1.82) is 0 Å². The Hall–Kier alpha value is -3.99. The lowest BCUT2D eigenvalue weighted by Gasteiger charge is -2.31. The summed E-state index contributed by atoms with van der Waals surface area (Å²) in [4.78, 5) is 25.9. The summed E-state index contributed by atoms with van der Waals surface area (Å²) in [7, 11) is 0. The molecule has 2 aromatic heterocycles. The van der Waals surface area contributed by atoms with E-state index >= 15 is 0 Å². The highest BCUT2D eigenvalue weighted by Crippen LogP contribution is 2.30. The Bertz CT molecular complexity index is 1560. The molecule has 0 saturated carbocycles. The molecule has 210 valence electrons. The number of hydrogen-bond acceptors (Lipinski definition) is 6. The van der Waals surface area contributed by atoms with E-state index in [1.807, 2.05) is 23.3 Å². The molecule has 0 spiro atoms. The lowest BCUT2D eigenvalue weighted by molar-refractivity contribution is -0.129. The molecule has 1 aliphatic rings. The van der Waals surface area contributed by atoms with Crippen molar-refractivity contribution >= 4 is 28.6 Å². The number of carbonyl (C=O) groups excluding carboxylic acids is 1. The van der Waals surface area contributed by atoms with E-state index in [0.717, 1.165) is 19.0 Å². The van der Waals surface area contributed by atoms with Crippen LogP contribution in [0.5, 0.6) is 0 Å². The topological polar surface area (TPSA) is 88.0 Å². The summed E-state index contributed by atoms with van der Waals surface area (Å²) in [6.07, 6.45) is 2.65. The van der Waals surface area contributed by atoms with Crippen molar-refractivity contribution in [2.75, 3.05) is 18.4 Å². The lowest BCUT2D eigenvalue weighted by atomic mass is 10.0. The van der Waals surface area contributed by atoms with Crippen LogP contribution in [0.2, 0.25) is 0 Å². The van der Waals surface area contributed by atoms with Gasteiger partial charge in [0.15, 0.2) is 11.6 Å². The first-order chi connectivity index (χ1) is 19.1. The van der Waals surface area contributed by atoms with Crippen LogP contribution in [0, 0.1) is 24.4 Å². The molecule has 0 unspecified atom stereocenters. The number of imidazole rings is 1. The van der Waals surface area contributed by atoms with Gasteiger partial charge < -0.3 is 20.1 Å². The fourth-order valence-corrected chi connectivity index (χ4v) is 5.24. The van der Waals surface area contributed by atoms with E-state index in [0.29, 0.717) is 42.2 Å². The second-order valence-corrected chi connectivity index (χ2v) is 10.4. The zero-order valence-corrected chi connectivity index (χ0v) is 22.9. The summed E-state index contributed by atoms with van der Waals surface area (Å²) >= 11 is 0. The van der Waals surface area contributed by atoms with Crippen LogP contribution in [0.1, 0.15) is 51.0 Å². The van der Waals surface area contributed by atoms with Gasteiger partial charge in [-0.05, 0) is 57.9 Å². The Morgan fingerprint density at radius 2 is 1.80 bits per heavy atom. The number of carbonyl (C=O) groups is 1. The molecular formula is C29H32F3N7O. The summed E-state index contributed by atoms with van der Waals surface area (Å²) in [6, 6.07) is 7.81. The van der Waals surface area contributed by atoms with Crippen LogP contribution in [-0.4, -0.2) is 49.5 Å². The van der Waals surface area contributed by atoms with Gasteiger partial charge in [-0.25, -0.2) is 28.1 Å². The second kappa shape index (κ2) is 11.2. The highest BCUT2D eigenvalue weighted by atomic mass is 19.1. The van der Waals surface area contributed by atoms with Gasteiger partial charge in [-0.15, -0.1) is 0 Å². The van der Waals surface area contributed by atoms with E-state index in [1.165, 1.54) is 12.1 Å². The van der Waals surface area contributed by atoms with Gasteiger partial charge >= 0.3 is 0 Å². The molecule has 2 N–H and O–H groups in total. The number of nitrogens with zero attached hydrogens (tertiary/aromatic N) is 5. The summed E-state index contributed by atoms with van der Waals surface area (Å²) in [5.74, 6) is -0.910. The van der Waals surface area contributed by atoms with Gasteiger partial charge in [-0.1, -0.05) is 6.07 Å². The third kappa shape index (κ3) is 5.65. The maximum atomic E-state index is 15.0. The Morgan fingerprint density at radius 1 is 1.05 bits per heavy atom. The number of rotatable bonds is 7. The molecule has 5 rings (SSSR count). The van der Waals surface area contributed by atoms with Gasteiger partial charge in [0.25, 0.3) is 0 Å². The summed E-state index contributed by atoms with van der Waals surface area (Å²) in [6.45, 7) is 9.04. The Labute approximate surface area is 230 Å². The van der Waals surface area contributed by atoms with Crippen LogP contribution in [-0.2, 0) is 11.3 Å². The van der Waals surface area contributed by atoms with Crippen molar-refractivity contribution in [2.45, 2.75) is 59.2 Å². The maximum Gasteiger partial charge on any atom is 0.227 e. The molecule has 1 amide bonds. The minimum atomic E-state index is -0.710. The number of anilines is 2. The number of piperidine rings is 1. The van der Waals surface area contributed by atoms with E-state index < -0.39 is 17.5 Å². The first kappa shape index (κ1) is 27.6. The van der Waals surface area contributed by atoms with Gasteiger partial charge in [0.05, 0.1) is 11.7 Å². The van der Waals surface area contributed by atoms with Crippen LogP contribution in [0.3, 0.4) is 0 Å². The standard InChI is InChI=1S/C29H32F3N7O/c1-16(2)39-17(3)35-28-24(31)11-20(12-26(28)39)27-25(32)15-34-29(37-27)36-22-6-5-19(23(30)13-22)14-33-21-7-9-38(10-8-21)18(4)40/h5-6,11-13,15-16,21,33H,7-10,14H2,1-4H3,(H,34,36,37). The van der Waals surface area contributed by atoms with Crippen LogP contribution in [0.4, 0.5) is 24.8 Å². The van der Waals surface area contributed by atoms with Crippen molar-refractivity contribution in [3.63, 3.8) is 0 Å². The smallest absolute Gasteiger partial charge is 0.227 e. The molecule has 1 fully saturated rings. The Morgan fingerprint density at radius 3 is 2.48 bits per heavy atom. The Kier molecular flexibility index (Phi) is 7.75. The molecule has 0 atom stereocenters. The van der Waals surface area contributed by atoms with Gasteiger partial charge in [0, 0.05) is 55.5 Å². The molecule has 0 aliphatic carbocycles. The van der Waals surface area contributed by atoms with E-state index in [4.69, 9.17) is 0 Å². The third-order valence-corrected chi connectivity index (χ3v) is 7.29. The number of nitrogens with one attached hydrogen (secondary N) is 2. The molecule has 1 saturated heterocycles. The highest BCUT2D eigenvalue weighted by molar-refractivity contribution is 5.83. The second-order valence-electron chi connectivity index (χ2n) is 10.4. The summed E-state index contributed by atoms with van der Waals surface area (Å²) in [5.41, 5.74) is 1.82. The summed E-state index contributed by atoms with van der Waals surface area (Å²) < 4.78 is 46.6. The monoisotopic (exact) mass is 551 g/mol. The van der Waals surface area contributed by atoms with E-state index in [2.05, 4.69) is 25.6 Å². The van der Waals surface area contributed by atoms with Crippen molar-refractivity contribution in [1.82, 2.24) is 29.7 Å². The molecule has 8 nitrogen and oxygen atoms in total. The van der Waals surface area contributed by atoms with Gasteiger partial charge in [0.2, 0.25) is 11.9 Å². The average Bonchev–Trinajstić information content (AvgIpc) is 3.26. The van der Waals surface area contributed by atoms with E-state index in [9.17, 15) is 18.0 Å². The largest absolute Gasteiger partial charge is 0.343 e. The first-order valence-electron chi connectivity index (χ1n) is 13.4. The van der Waals surface area contributed by atoms with Gasteiger partial charge in [-0.2, -0.15) is 0 Å². The minimum Gasteiger partial charge on any atom is -0.343 e. The number of benzene rings is 2. The number of fused-ring (bicyclic) bond motifs is 1. The van der Waals surface area contributed by atoms with Crippen LogP contribution in [0.15, 0.2) is 36.5 Å². The minimum absolute atomic E-state index is 0.0277. The number of amides is 1. The molecule has 0 radical (unpaired) electrons. The van der Waals surface area contributed by atoms with Crippen LogP contribution in [0.25, 0.3) is 22.3 Å². The van der Waals surface area contributed by atoms with Crippen molar-refractivity contribution in [3.8, 4) is 11.3 Å². The SMILES string of the molecule is CC(=O)N1CCC(NCc2ccc(Nc3ncc(F)c(-c4cc(F)c5nc(C)n(C(C)C)c5c4)n3)cc2F)CC1. The molecule has 0 bridgehead atoms. The fourth-order valence-electron chi connectivity index (χ4n) is 5.24. The molecule has 40 heavy (non-hydrogen) atoms. The predicted octanol–water partition coefficient (Wildman–Crippen LogP) is 5.64. The zero-order valence-electron chi connectivity index (χ0n) is 22.9. The highest BCUT2D eigenvalue weighted by Gasteiger charge is 2.21. The van der Waals surface area contributed by atoms with Crippen LogP contribution < -0.4 is 10.6 Å². The van der Waals surface area contributed by atoms with Crippen molar-refractivity contribution in [3.05, 3.63) is 65.4 Å². The number of aromatic nitrogens is 4. The molecule has 4 aromatic rings. The average molecular weight is 552 g/mol. The predicted molar refractivity (Wildman–Crippen MR) is 148 cm³/mol. The molecule has 11 heteroatoms. The molecular weight excluding hydrogens is 519 g/mol. The number of likely N-dealkylation sites (tertiary alicyclic amines) is 1. The number of halogens is 3. The van der Waals surface area contributed by atoms with E-state index in [1.54, 1.807) is 32.0 Å². The molecule has 2 aromatic carbocycles. The van der Waals surface area contributed by atoms with Crippen molar-refractivity contribution in [2.24, 2.45) is 0 Å². The maximum absolute atomic E-state index is 15.0. The third-order valence-electron chi connectivity index (χ3n) is 7.29. The Balaban J connectivity index is 1.32. The summed E-state index contributed by atoms with van der Waals surface area (Å²) in [5, 5.41) is 6.28. The first-order valence-corrected chi connectivity index (χ1v) is 13.4. The lowest BCUT2D eigenvalue weighted by Crippen LogP contribution is -2.44. The number of aryl methyl sites for hydroxylation is 1. The zero-order chi connectivity index (χ0) is 28.6. The number of hydrogen-bond donors (Lipinski definition) is 2. The van der Waals surface area contributed by atoms with Gasteiger partial charge in [0.1, 0.15) is 22.9 Å². The van der Waals surface area contributed by atoms with Crippen LogP contribution >= 0.6 is 0 Å². The molecule has 3 heterocycles. The normalized spacial score (nSPS) is 14.3. The van der Waals surface area contributed by atoms with Gasteiger partial charge in [-0.3, -0.25) is 4.79 Å². The van der Waals surface area contributed by atoms with Crippen molar-refractivity contribution < 1.29 is 18.0 Å². The fraction of sp³-hybridized carbons (Fsp3) is 0.379. The quantitative estimate of drug-likeness (QED) is 0.309.